The topological polar surface area (TPSA) is 29.3 Å². The van der Waals surface area contributed by atoms with Crippen LogP contribution in [0.15, 0.2) is 46.9 Å². The molecule has 2 N–H and O–H groups in total. The largest absolute Gasteiger partial charge is 0.389 e. The van der Waals surface area contributed by atoms with Crippen LogP contribution < -0.4 is 10.6 Å². The first-order valence-corrected chi connectivity index (χ1v) is 8.24. The number of nitrogens with zero attached hydrogens (tertiary/aromatic N) is 1. The molecule has 1 unspecified atom stereocenters. The monoisotopic (exact) mass is 360 g/mol. The molecule has 1 heterocycles. The molecule has 0 saturated carbocycles. The first kappa shape index (κ1) is 14.5. The first-order valence-electron chi connectivity index (χ1n) is 7.04. The number of fused-ring (bicyclic) bond motifs is 1. The molecule has 0 bridgehead atoms. The normalized spacial score (nSPS) is 17.4. The minimum atomic E-state index is 0.425. The van der Waals surface area contributed by atoms with Crippen molar-refractivity contribution < 1.29 is 0 Å². The molecule has 0 fully saturated rings. The zero-order chi connectivity index (χ0) is 15.0. The van der Waals surface area contributed by atoms with Gasteiger partial charge in [0.1, 0.15) is 4.99 Å². The lowest BCUT2D eigenvalue weighted by atomic mass is 9.96. The van der Waals surface area contributed by atoms with Crippen molar-refractivity contribution in [2.45, 2.75) is 25.8 Å². The van der Waals surface area contributed by atoms with Gasteiger partial charge in [0.15, 0.2) is 0 Å². The second-order valence-electron chi connectivity index (χ2n) is 5.42. The number of halogens is 1. The molecule has 0 radical (unpaired) electrons. The third-order valence-corrected chi connectivity index (χ3v) is 4.89. The molecule has 0 aliphatic carbocycles. The fraction of sp³-hybridized carbons (Fsp3) is 0.235. The molecular weight excluding hydrogens is 344 g/mol. The van der Waals surface area contributed by atoms with Crippen molar-refractivity contribution in [3.05, 3.63) is 58.1 Å². The van der Waals surface area contributed by atoms with Crippen LogP contribution in [0.2, 0.25) is 0 Å². The summed E-state index contributed by atoms with van der Waals surface area (Å²) < 4.78 is 1.02. The Balaban J connectivity index is 2.09. The van der Waals surface area contributed by atoms with Crippen molar-refractivity contribution in [3.8, 4) is 0 Å². The quantitative estimate of drug-likeness (QED) is 0.796. The number of benzene rings is 2. The van der Waals surface area contributed by atoms with Crippen molar-refractivity contribution in [2.24, 2.45) is 5.73 Å². The van der Waals surface area contributed by atoms with Crippen molar-refractivity contribution >= 4 is 44.5 Å². The highest BCUT2D eigenvalue weighted by Gasteiger charge is 2.25. The predicted molar refractivity (Wildman–Crippen MR) is 96.4 cm³/mol. The number of thiocarbonyl (C=S) groups is 1. The van der Waals surface area contributed by atoms with Crippen LogP contribution in [-0.2, 0) is 6.42 Å². The van der Waals surface area contributed by atoms with E-state index in [1.165, 1.54) is 11.3 Å². The molecule has 2 nitrogen and oxygen atoms in total. The maximum Gasteiger partial charge on any atom is 0.104 e. The smallest absolute Gasteiger partial charge is 0.104 e. The van der Waals surface area contributed by atoms with Crippen LogP contribution in [0.3, 0.4) is 0 Å². The molecule has 2 aromatic rings. The predicted octanol–water partition coefficient (Wildman–Crippen LogP) is 4.56. The van der Waals surface area contributed by atoms with Gasteiger partial charge in [-0.25, -0.2) is 0 Å². The van der Waals surface area contributed by atoms with Crippen molar-refractivity contribution in [2.75, 3.05) is 4.90 Å². The Morgan fingerprint density at radius 1 is 1.24 bits per heavy atom. The zero-order valence-corrected chi connectivity index (χ0v) is 14.2. The Labute approximate surface area is 139 Å². The number of anilines is 2. The van der Waals surface area contributed by atoms with Gasteiger partial charge in [-0.05, 0) is 65.5 Å². The van der Waals surface area contributed by atoms with E-state index in [1.54, 1.807) is 0 Å². The zero-order valence-electron chi connectivity index (χ0n) is 11.8. The Bertz CT molecular complexity index is 699. The summed E-state index contributed by atoms with van der Waals surface area (Å²) in [7, 11) is 0. The van der Waals surface area contributed by atoms with Crippen molar-refractivity contribution in [1.82, 2.24) is 0 Å². The van der Waals surface area contributed by atoms with E-state index in [4.69, 9.17) is 18.0 Å². The van der Waals surface area contributed by atoms with Gasteiger partial charge in [0.25, 0.3) is 0 Å². The maximum atomic E-state index is 5.71. The lowest BCUT2D eigenvalue weighted by Crippen LogP contribution is -2.33. The number of rotatable bonds is 2. The standard InChI is InChI=1S/C17H17BrN2S/c1-11-6-7-12-4-2-3-5-15(12)20(11)16-9-8-13(17(19)21)10-14(16)18/h2-5,8-11H,6-7H2,1H3,(H2,19,21). The fourth-order valence-electron chi connectivity index (χ4n) is 2.91. The summed E-state index contributed by atoms with van der Waals surface area (Å²) in [5, 5.41) is 0. The summed E-state index contributed by atoms with van der Waals surface area (Å²) in [6.07, 6.45) is 2.29. The third kappa shape index (κ3) is 2.70. The van der Waals surface area contributed by atoms with Crippen LogP contribution in [-0.4, -0.2) is 11.0 Å². The van der Waals surface area contributed by atoms with E-state index in [9.17, 15) is 0 Å². The van der Waals surface area contributed by atoms with Gasteiger partial charge in [-0.3, -0.25) is 0 Å². The van der Waals surface area contributed by atoms with Gasteiger partial charge in [0, 0.05) is 21.8 Å². The molecule has 0 saturated heterocycles. The fourth-order valence-corrected chi connectivity index (χ4v) is 3.61. The van der Waals surface area contributed by atoms with Gasteiger partial charge in [-0.2, -0.15) is 0 Å². The van der Waals surface area contributed by atoms with Crippen LogP contribution in [0, 0.1) is 0 Å². The number of aryl methyl sites for hydroxylation is 1. The SMILES string of the molecule is CC1CCc2ccccc2N1c1ccc(C(N)=S)cc1Br. The molecule has 0 spiro atoms. The average Bonchev–Trinajstić information content (AvgIpc) is 2.48. The molecule has 108 valence electrons. The maximum absolute atomic E-state index is 5.71. The Hall–Kier alpha value is -1.39. The lowest BCUT2D eigenvalue weighted by molar-refractivity contribution is 0.617. The minimum absolute atomic E-state index is 0.425. The molecule has 3 rings (SSSR count). The van der Waals surface area contributed by atoms with Crippen LogP contribution in [0.5, 0.6) is 0 Å². The highest BCUT2D eigenvalue weighted by molar-refractivity contribution is 9.10. The van der Waals surface area contributed by atoms with E-state index in [2.05, 4.69) is 58.1 Å². The van der Waals surface area contributed by atoms with E-state index >= 15 is 0 Å². The van der Waals surface area contributed by atoms with Crippen molar-refractivity contribution in [3.63, 3.8) is 0 Å². The number of nitrogens with two attached hydrogens (primary N) is 1. The Morgan fingerprint density at radius 3 is 2.71 bits per heavy atom. The van der Waals surface area contributed by atoms with Gasteiger partial charge in [-0.15, -0.1) is 0 Å². The third-order valence-electron chi connectivity index (χ3n) is 4.02. The van der Waals surface area contributed by atoms with Gasteiger partial charge in [-0.1, -0.05) is 30.4 Å². The average molecular weight is 361 g/mol. The van der Waals surface area contributed by atoms with E-state index < -0.39 is 0 Å². The molecule has 1 atom stereocenters. The second-order valence-corrected chi connectivity index (χ2v) is 6.71. The molecule has 0 aromatic heterocycles. The molecule has 4 heteroatoms. The first-order chi connectivity index (χ1) is 10.1. The lowest BCUT2D eigenvalue weighted by Gasteiger charge is -2.37. The van der Waals surface area contributed by atoms with Crippen molar-refractivity contribution in [1.29, 1.82) is 0 Å². The van der Waals surface area contributed by atoms with Gasteiger partial charge < -0.3 is 10.6 Å². The van der Waals surface area contributed by atoms with E-state index in [1.807, 2.05) is 12.1 Å². The summed E-state index contributed by atoms with van der Waals surface area (Å²) in [6, 6.07) is 15.2. The van der Waals surface area contributed by atoms with E-state index in [0.717, 1.165) is 28.6 Å². The molecule has 1 aliphatic heterocycles. The van der Waals surface area contributed by atoms with Gasteiger partial charge >= 0.3 is 0 Å². The number of hydrogen-bond acceptors (Lipinski definition) is 2. The summed E-state index contributed by atoms with van der Waals surface area (Å²) in [5.74, 6) is 0. The molecule has 2 aromatic carbocycles. The summed E-state index contributed by atoms with van der Waals surface area (Å²) in [4.78, 5) is 2.82. The Kier molecular flexibility index (Phi) is 4.00. The molecule has 0 amide bonds. The van der Waals surface area contributed by atoms with E-state index in [0.29, 0.717) is 11.0 Å². The van der Waals surface area contributed by atoms with Crippen LogP contribution in [0.1, 0.15) is 24.5 Å². The summed E-state index contributed by atoms with van der Waals surface area (Å²) >= 11 is 8.72. The summed E-state index contributed by atoms with van der Waals surface area (Å²) in [6.45, 7) is 2.27. The number of para-hydroxylation sites is 1. The highest BCUT2D eigenvalue weighted by atomic mass is 79.9. The summed E-state index contributed by atoms with van der Waals surface area (Å²) in [5.41, 5.74) is 10.5. The second kappa shape index (κ2) is 5.78. The van der Waals surface area contributed by atoms with E-state index in [-0.39, 0.29) is 0 Å². The molecule has 1 aliphatic rings. The minimum Gasteiger partial charge on any atom is -0.389 e. The van der Waals surface area contributed by atoms with Gasteiger partial charge in [0.05, 0.1) is 5.69 Å². The van der Waals surface area contributed by atoms with Crippen LogP contribution in [0.25, 0.3) is 0 Å². The highest BCUT2D eigenvalue weighted by Crippen LogP contribution is 2.40. The van der Waals surface area contributed by atoms with Crippen LogP contribution in [0.4, 0.5) is 11.4 Å². The number of hydrogen-bond donors (Lipinski definition) is 1. The molecular formula is C17H17BrN2S. The Morgan fingerprint density at radius 2 is 2.00 bits per heavy atom. The van der Waals surface area contributed by atoms with Crippen LogP contribution >= 0.6 is 28.1 Å². The van der Waals surface area contributed by atoms with Gasteiger partial charge in [0.2, 0.25) is 0 Å². The molecule has 21 heavy (non-hydrogen) atoms.